The van der Waals surface area contributed by atoms with E-state index in [9.17, 15) is 111 Å². The number of hydrogen-bond donors (Lipinski definition) is 12. The van der Waals surface area contributed by atoms with Gasteiger partial charge in [0.05, 0.1) is 70.9 Å². The van der Waals surface area contributed by atoms with Gasteiger partial charge in [0.2, 0.25) is 23.6 Å². The lowest BCUT2D eigenvalue weighted by molar-refractivity contribution is -0.163. The number of esters is 4. The van der Waals surface area contributed by atoms with E-state index in [1.54, 1.807) is 72.8 Å². The van der Waals surface area contributed by atoms with Gasteiger partial charge in [-0.25, -0.2) is 41.4 Å². The van der Waals surface area contributed by atoms with Crippen LogP contribution >= 0.6 is 31.0 Å². The molecular formula is C91H112F2N8O43P4. The van der Waals surface area contributed by atoms with Gasteiger partial charge < -0.3 is 96.8 Å². The van der Waals surface area contributed by atoms with Gasteiger partial charge in [-0.2, -0.15) is 20.3 Å². The van der Waals surface area contributed by atoms with Crippen LogP contribution in [0.4, 0.5) is 8.78 Å². The molecule has 8 heterocycles. The number of alkyl halides is 2. The summed E-state index contributed by atoms with van der Waals surface area (Å²) in [5.41, 5.74) is -4.39. The van der Waals surface area contributed by atoms with Gasteiger partial charge in [-0.1, -0.05) is 79.4 Å². The number of nitrogens with zero attached hydrogens (tertiary/aromatic N) is 4. The molecule has 4 unspecified atom stereocenters. The summed E-state index contributed by atoms with van der Waals surface area (Å²) in [6, 6.07) is 26.3. The van der Waals surface area contributed by atoms with E-state index in [2.05, 4.69) is 31.7 Å². The molecule has 4 fully saturated rings. The Bertz CT molecular complexity index is 5760. The predicted molar refractivity (Wildman–Crippen MR) is 499 cm³/mol. The van der Waals surface area contributed by atoms with Crippen molar-refractivity contribution in [1.29, 1.82) is 0 Å². The molecule has 24 atom stereocenters. The molecule has 8 aliphatic rings. The quantitative estimate of drug-likeness (QED) is 0.00845. The summed E-state index contributed by atoms with van der Waals surface area (Å²) in [5.74, 6) is -11.9. The third-order valence-electron chi connectivity index (χ3n) is 21.9. The maximum Gasteiger partial charge on any atom is 0.459 e. The molecule has 8 aliphatic heterocycles. The second-order valence-corrected chi connectivity index (χ2v) is 40.8. The average molecular weight is 2170 g/mol. The second-order valence-electron chi connectivity index (χ2n) is 34.0. The Morgan fingerprint density at radius 1 is 0.412 bits per heavy atom. The molecular weight excluding hydrogens is 2050 g/mol. The number of ether oxygens (including phenoxy) is 8. The van der Waals surface area contributed by atoms with E-state index < -0.39 is 269 Å². The number of allylic oxidation sites excluding steroid dienone is 4. The molecule has 12 N–H and O–H groups in total. The third-order valence-corrected chi connectivity index (χ3v) is 28.5. The smallest absolute Gasteiger partial charge is 0.459 e. The summed E-state index contributed by atoms with van der Waals surface area (Å²) in [6.07, 6.45) is -9.53. The van der Waals surface area contributed by atoms with E-state index in [4.69, 9.17) is 89.8 Å². The lowest BCUT2D eigenvalue weighted by Crippen LogP contribution is -2.51. The molecule has 4 aromatic carbocycles. The SMILES string of the molecule is C=C1C=CN([C@@H]2O[C@H](COP(=O)(N[C@@H](C)C(=O)OCC(=O)O)Oc3ccccc3)[C@@H](O)[C@@]2(C)F)C(=O)C1.C[C@H](NP(=O)(OC[C@H]1O[C@@H](N2C=CC(=O)CC2=O)C[C@@H]1O)Oc1ccccc1)C(=O)OCCCC(=O)O.C[C@H](NP(=O)(OC[C@H]1O[C@@H](N2C=CC(=O)CC2=O)C[C@@H]1O)Oc1ccccc1)C(=O)O[C@@H](C)C(=O)O.C[C@H](NP(=O)(OC[C@H]1O[C@@H](N2C=CC(=O)CC2=O)[C@](C)(F)[C@@H]1O)Oc1ccccc1)C(=O)O[C@@H](C)C(=O)O. The maximum absolute atomic E-state index is 15.5. The van der Waals surface area contributed by atoms with Crippen LogP contribution in [0.25, 0.3) is 0 Å². The molecule has 808 valence electrons. The van der Waals surface area contributed by atoms with Crippen LogP contribution in [0.15, 0.2) is 183 Å². The number of carbonyl (C=O) groups excluding carboxylic acids is 11. The lowest BCUT2D eigenvalue weighted by atomic mass is 9.97. The molecule has 4 aromatic rings. The molecule has 0 radical (unpaired) electrons. The zero-order valence-electron chi connectivity index (χ0n) is 80.4. The zero-order valence-corrected chi connectivity index (χ0v) is 83.9. The standard InChI is InChI=1S/C23H28FN2O11P.C23H28FN2O10P.C23H29N2O11P.C22H27N2O11P/c1-13(21(32)35-14(2)20(30)31)25-38(33,37-16-7-5-4-6-8-16)34-12-17-19(29)23(3,24)22(36-17)26-10-9-15(27)11-18(26)28;1-14-9-10-26(18(27)11-14)22-23(3,24)20(30)17(35-22)12-34-37(32,36-16-7-5-4-6-8-16)25-15(2)21(31)33-13-19(28)29;1-15(23(31)33-11-5-8-22(29)30)24-37(32,36-17-6-3-2-4-7-17)34-14-19-18(27)13-21(35-19)25-10-9-16(26)12-20(25)28;1-13(22(30)33-14(2)21(28)29)23-36(31,35-16-6-4-3-5-7-16)32-12-18-17(26)11-20(34-18)24-9-8-15(25)10-19(24)27/h4-10,13-14,17,19,22,29H,11-12H2,1-3H3,(H,25,33)(H,30,31);4-10,15,17,20,22,30H,1,11-13H2,2-3H3,(H,25,32)(H,28,29);2-4,6-7,9-10,15,18-19,21,27H,5,8,11-14H2,1H3,(H,24,32)(H,29,30);3-9,13-14,17-18,20,26H,10-12H2,1-2H3,(H,23,31)(H,28,29)/t13-,14-,17+,19+,22+,23+,38?;15-,17+,20+,22+,23+,37?;15-,18-,19+,21+,37?;13-,14-,17-,18+,20+,36?/m0000/s1. The number of carboxylic acids is 4. The predicted octanol–water partition coefficient (Wildman–Crippen LogP) is 5.57. The van der Waals surface area contributed by atoms with Crippen molar-refractivity contribution in [2.75, 3.05) is 39.6 Å². The fourth-order valence-electron chi connectivity index (χ4n) is 14.1. The van der Waals surface area contributed by atoms with Gasteiger partial charge in [0.15, 0.2) is 60.0 Å². The van der Waals surface area contributed by atoms with Gasteiger partial charge in [0.25, 0.3) is 0 Å². The second kappa shape index (κ2) is 53.6. The lowest BCUT2D eigenvalue weighted by Gasteiger charge is -2.33. The number of benzene rings is 4. The van der Waals surface area contributed by atoms with Crippen LogP contribution in [0, 0.1) is 0 Å². The van der Waals surface area contributed by atoms with Crippen LogP contribution in [0.1, 0.15) is 107 Å². The highest BCUT2D eigenvalue weighted by Gasteiger charge is 2.60. The maximum atomic E-state index is 15.5. The van der Waals surface area contributed by atoms with Crippen LogP contribution in [0.5, 0.6) is 23.0 Å². The number of aliphatic carboxylic acids is 4. The van der Waals surface area contributed by atoms with Crippen LogP contribution in [-0.4, -0.2) is 310 Å². The molecule has 0 spiro atoms. The van der Waals surface area contributed by atoms with Crippen LogP contribution in [0.2, 0.25) is 0 Å². The Kier molecular flexibility index (Phi) is 43.2. The first kappa shape index (κ1) is 119. The van der Waals surface area contributed by atoms with E-state index in [-0.39, 0.29) is 86.1 Å². The minimum atomic E-state index is -4.46. The summed E-state index contributed by atoms with van der Waals surface area (Å²) < 4.78 is 171. The highest BCUT2D eigenvalue weighted by molar-refractivity contribution is 7.53. The summed E-state index contributed by atoms with van der Waals surface area (Å²) in [6.45, 7) is 9.87. The fraction of sp³-hybridized carbons (Fsp3) is 0.462. The minimum absolute atomic E-state index is 0.0192. The third kappa shape index (κ3) is 34.8. The molecule has 4 saturated heterocycles. The van der Waals surface area contributed by atoms with E-state index in [0.717, 1.165) is 49.8 Å². The van der Waals surface area contributed by atoms with Crippen molar-refractivity contribution >= 4 is 120 Å². The van der Waals surface area contributed by atoms with Crippen molar-refractivity contribution in [2.45, 2.75) is 228 Å². The van der Waals surface area contributed by atoms with Gasteiger partial charge in [0.1, 0.15) is 96.2 Å². The summed E-state index contributed by atoms with van der Waals surface area (Å²) in [4.78, 5) is 180. The Hall–Kier alpha value is -12.4. The van der Waals surface area contributed by atoms with Crippen molar-refractivity contribution in [1.82, 2.24) is 39.9 Å². The highest BCUT2D eigenvalue weighted by atomic mass is 31.2. The van der Waals surface area contributed by atoms with Crippen molar-refractivity contribution < 1.29 is 214 Å². The Balaban J connectivity index is 0.000000219. The molecule has 148 heavy (non-hydrogen) atoms. The van der Waals surface area contributed by atoms with Crippen molar-refractivity contribution in [3.8, 4) is 23.0 Å². The molecule has 57 heteroatoms. The topological polar surface area (TPSA) is 695 Å². The molecule has 0 saturated carbocycles. The van der Waals surface area contributed by atoms with Crippen molar-refractivity contribution in [3.63, 3.8) is 0 Å². The Morgan fingerprint density at radius 2 is 0.703 bits per heavy atom. The number of carboxylic acid groups (broad SMARTS) is 4. The number of hydrogen-bond acceptors (Lipinski definition) is 39. The van der Waals surface area contributed by atoms with Gasteiger partial charge in [0, 0.05) is 44.1 Å². The average Bonchev–Trinajstić information content (AvgIpc) is 1.61. The number of aliphatic hydroxyl groups is 4. The number of rotatable bonds is 46. The molecule has 0 aliphatic carbocycles. The van der Waals surface area contributed by atoms with E-state index in [1.807, 2.05) is 0 Å². The first-order valence-corrected chi connectivity index (χ1v) is 51.4. The summed E-state index contributed by atoms with van der Waals surface area (Å²) >= 11 is 0. The van der Waals surface area contributed by atoms with E-state index in [1.165, 1.54) is 123 Å². The molecule has 12 rings (SSSR count). The first-order chi connectivity index (χ1) is 69.6. The van der Waals surface area contributed by atoms with Gasteiger partial charge in [-0.15, -0.1) is 0 Å². The number of nitrogens with one attached hydrogen (secondary N) is 4. The van der Waals surface area contributed by atoms with Crippen molar-refractivity contribution in [2.24, 2.45) is 0 Å². The largest absolute Gasteiger partial charge is 0.481 e. The molecule has 0 aromatic heterocycles. The van der Waals surface area contributed by atoms with Gasteiger partial charge in [-0.05, 0) is 140 Å². The summed E-state index contributed by atoms with van der Waals surface area (Å²) in [5, 5.41) is 86.8. The van der Waals surface area contributed by atoms with Gasteiger partial charge in [-0.3, -0.25) is 95.2 Å². The van der Waals surface area contributed by atoms with Crippen LogP contribution in [-0.2, 0) is 146 Å². The van der Waals surface area contributed by atoms with Gasteiger partial charge >= 0.3 is 78.7 Å². The fourth-order valence-corrected chi connectivity index (χ4v) is 20.1. The Labute approximate surface area is 843 Å². The number of carbonyl (C=O) groups is 15. The molecule has 4 amide bonds. The molecule has 0 bridgehead atoms. The zero-order chi connectivity index (χ0) is 109. The van der Waals surface area contributed by atoms with Crippen molar-refractivity contribution in [3.05, 3.63) is 183 Å². The van der Waals surface area contributed by atoms with E-state index >= 15 is 8.78 Å². The first-order valence-electron chi connectivity index (χ1n) is 45.3. The summed E-state index contributed by atoms with van der Waals surface area (Å²) in [7, 11) is -17.4. The monoisotopic (exact) mass is 2170 g/mol. The number of ketones is 3. The normalized spacial score (nSPS) is 26.4. The number of amides is 4. The number of para-hydroxylation sites is 4. The van der Waals surface area contributed by atoms with Crippen LogP contribution in [0.3, 0.4) is 0 Å². The van der Waals surface area contributed by atoms with Crippen LogP contribution < -0.4 is 38.4 Å². The number of aliphatic hydroxyl groups excluding tert-OH is 4. The Morgan fingerprint density at radius 3 is 1.00 bits per heavy atom. The minimum Gasteiger partial charge on any atom is -0.481 e. The highest BCUT2D eigenvalue weighted by Crippen LogP contribution is 2.52. The molecule has 51 nitrogen and oxygen atoms in total. The van der Waals surface area contributed by atoms with E-state index in [0.29, 0.717) is 5.57 Å². The number of halogens is 2.